The van der Waals surface area contributed by atoms with Crippen LogP contribution in [0.15, 0.2) is 0 Å². The molecule has 9 heavy (non-hydrogen) atoms. The van der Waals surface area contributed by atoms with E-state index in [9.17, 15) is 9.59 Å². The predicted octanol–water partition coefficient (Wildman–Crippen LogP) is 1.08. The molecule has 0 rings (SSSR count). The van der Waals surface area contributed by atoms with Crippen LogP contribution in [0.1, 0.15) is 6.92 Å². The fourth-order valence-electron chi connectivity index (χ4n) is 0. The Hall–Kier alpha value is -0.280. The Labute approximate surface area is 62.6 Å². The summed E-state index contributed by atoms with van der Waals surface area (Å²) in [5, 5.41) is 7.84. The number of halogens is 2. The second-order valence-electron chi connectivity index (χ2n) is 0.962. The zero-order valence-electron chi connectivity index (χ0n) is 4.73. The van der Waals surface area contributed by atoms with Crippen LogP contribution in [0, 0.1) is 0 Å². The first-order chi connectivity index (χ1) is 4.06. The summed E-state index contributed by atoms with van der Waals surface area (Å²) in [5.41, 5.74) is 0. The summed E-state index contributed by atoms with van der Waals surface area (Å²) < 4.78 is 0. The monoisotopic (exact) mass is 172 g/mol. The number of alkyl halides is 2. The van der Waals surface area contributed by atoms with Crippen molar-refractivity contribution in [3.63, 3.8) is 0 Å². The number of Topliss-reactive ketones (excluding diaryl/α,β-unsaturated/α-hetero) is 1. The summed E-state index contributed by atoms with van der Waals surface area (Å²) in [7, 11) is 0. The molecule has 5 heteroatoms. The van der Waals surface area contributed by atoms with Crippen LogP contribution >= 0.6 is 23.2 Å². The molecule has 0 bridgehead atoms. The molecule has 0 unspecified atom stereocenters. The van der Waals surface area contributed by atoms with Gasteiger partial charge in [-0.15, -0.1) is 23.2 Å². The number of carboxylic acid groups (broad SMARTS) is 1. The molecular formula is C4H6Cl2O3. The summed E-state index contributed by atoms with van der Waals surface area (Å²) in [4.78, 5) is 18.9. The van der Waals surface area contributed by atoms with Gasteiger partial charge in [-0.1, -0.05) is 0 Å². The molecular weight excluding hydrogens is 167 g/mol. The van der Waals surface area contributed by atoms with Crippen molar-refractivity contribution in [1.29, 1.82) is 0 Å². The van der Waals surface area contributed by atoms with E-state index < -0.39 is 11.8 Å². The molecule has 0 aliphatic carbocycles. The van der Waals surface area contributed by atoms with Crippen molar-refractivity contribution >= 4 is 35.0 Å². The van der Waals surface area contributed by atoms with Crippen LogP contribution in [0.5, 0.6) is 0 Å². The first-order valence-corrected chi connectivity index (χ1v) is 2.99. The minimum absolute atomic E-state index is 0.194. The van der Waals surface area contributed by atoms with Gasteiger partial charge < -0.3 is 5.11 Å². The molecule has 3 nitrogen and oxygen atoms in total. The Morgan fingerprint density at radius 1 is 1.44 bits per heavy atom. The van der Waals surface area contributed by atoms with Gasteiger partial charge in [-0.25, -0.2) is 4.79 Å². The van der Waals surface area contributed by atoms with Gasteiger partial charge in [0.15, 0.2) is 0 Å². The molecule has 0 aliphatic heterocycles. The molecule has 0 atom stereocenters. The lowest BCUT2D eigenvalue weighted by atomic mass is 10.5. The number of hydrogen-bond acceptors (Lipinski definition) is 2. The van der Waals surface area contributed by atoms with Gasteiger partial charge in [0.05, 0.1) is 5.34 Å². The first kappa shape index (κ1) is 11.5. The highest BCUT2D eigenvalue weighted by Gasteiger charge is 1.98. The summed E-state index contributed by atoms with van der Waals surface area (Å²) in [6.07, 6.45) is 0. The smallest absolute Gasteiger partial charge is 0.371 e. The van der Waals surface area contributed by atoms with Crippen molar-refractivity contribution in [1.82, 2.24) is 0 Å². The molecule has 54 valence electrons. The molecule has 1 N–H and O–H groups in total. The van der Waals surface area contributed by atoms with E-state index in [2.05, 4.69) is 0 Å². The second kappa shape index (κ2) is 7.72. The maximum atomic E-state index is 9.54. The van der Waals surface area contributed by atoms with E-state index in [1.165, 1.54) is 0 Å². The number of carbonyl (C=O) groups is 2. The van der Waals surface area contributed by atoms with Gasteiger partial charge in [0.25, 0.3) is 0 Å². The van der Waals surface area contributed by atoms with Crippen molar-refractivity contribution in [3.05, 3.63) is 0 Å². The average Bonchev–Trinajstić information content (AvgIpc) is 1.68. The molecule has 0 spiro atoms. The quantitative estimate of drug-likeness (QED) is 0.476. The van der Waals surface area contributed by atoms with Gasteiger partial charge in [-0.2, -0.15) is 0 Å². The largest absolute Gasteiger partial charge is 0.476 e. The maximum absolute atomic E-state index is 9.54. The van der Waals surface area contributed by atoms with Crippen LogP contribution < -0.4 is 0 Å². The second-order valence-corrected chi connectivity index (χ2v) is 1.77. The Morgan fingerprint density at radius 2 is 1.56 bits per heavy atom. The zero-order chi connectivity index (χ0) is 7.86. The highest BCUT2D eigenvalue weighted by atomic mass is 35.5. The third-order valence-electron chi connectivity index (χ3n) is 0.301. The van der Waals surface area contributed by atoms with Crippen LogP contribution in [0.25, 0.3) is 0 Å². The fraction of sp³-hybridized carbons (Fsp3) is 0.500. The summed E-state index contributed by atoms with van der Waals surface area (Å²) in [6, 6.07) is 0. The zero-order valence-corrected chi connectivity index (χ0v) is 6.24. The van der Waals surface area contributed by atoms with Crippen molar-refractivity contribution in [3.8, 4) is 0 Å². The van der Waals surface area contributed by atoms with Gasteiger partial charge in [-0.3, -0.25) is 4.79 Å². The van der Waals surface area contributed by atoms with Crippen LogP contribution in [0.3, 0.4) is 0 Å². The lowest BCUT2D eigenvalue weighted by Crippen LogP contribution is -2.05. The van der Waals surface area contributed by atoms with Crippen molar-refractivity contribution in [2.24, 2.45) is 0 Å². The highest BCUT2D eigenvalue weighted by Crippen LogP contribution is 1.73. The average molecular weight is 173 g/mol. The lowest BCUT2D eigenvalue weighted by molar-refractivity contribution is -0.148. The van der Waals surface area contributed by atoms with Gasteiger partial charge in [0, 0.05) is 6.92 Å². The van der Waals surface area contributed by atoms with E-state index in [1.807, 2.05) is 0 Å². The van der Waals surface area contributed by atoms with Gasteiger partial charge in [-0.05, 0) is 0 Å². The van der Waals surface area contributed by atoms with Gasteiger partial charge >= 0.3 is 5.97 Å². The van der Waals surface area contributed by atoms with Gasteiger partial charge in [0.2, 0.25) is 5.78 Å². The Kier molecular flexibility index (Phi) is 9.87. The van der Waals surface area contributed by atoms with Gasteiger partial charge in [0.1, 0.15) is 0 Å². The highest BCUT2D eigenvalue weighted by molar-refractivity contribution is 6.40. The van der Waals surface area contributed by atoms with Crippen molar-refractivity contribution < 1.29 is 14.7 Å². The predicted molar refractivity (Wildman–Crippen MR) is 34.9 cm³/mol. The Morgan fingerprint density at radius 3 is 1.56 bits per heavy atom. The third-order valence-corrected chi connectivity index (χ3v) is 0.301. The third kappa shape index (κ3) is 18.3. The van der Waals surface area contributed by atoms with E-state index >= 15 is 0 Å². The lowest BCUT2D eigenvalue weighted by Gasteiger charge is -1.73. The van der Waals surface area contributed by atoms with Crippen molar-refractivity contribution in [2.45, 2.75) is 6.92 Å². The summed E-state index contributed by atoms with van der Waals surface area (Å²) in [5.74, 6) is -2.20. The van der Waals surface area contributed by atoms with E-state index in [0.29, 0.717) is 0 Å². The molecule has 0 radical (unpaired) electrons. The van der Waals surface area contributed by atoms with Crippen LogP contribution in [-0.2, 0) is 9.59 Å². The molecule has 0 aromatic rings. The number of hydrogen-bond donors (Lipinski definition) is 1. The normalized spacial score (nSPS) is 7.00. The number of aliphatic carboxylic acids is 1. The van der Waals surface area contributed by atoms with Crippen molar-refractivity contribution in [2.75, 3.05) is 5.34 Å². The number of ketones is 1. The van der Waals surface area contributed by atoms with Crippen LogP contribution in [-0.4, -0.2) is 22.2 Å². The minimum atomic E-state index is -1.38. The van der Waals surface area contributed by atoms with E-state index in [1.54, 1.807) is 0 Å². The Balaban J connectivity index is 0. The summed E-state index contributed by atoms with van der Waals surface area (Å²) in [6.45, 7) is 1.00. The minimum Gasteiger partial charge on any atom is -0.476 e. The maximum Gasteiger partial charge on any atom is 0.371 e. The molecule has 0 saturated carbocycles. The molecule has 0 heterocycles. The van der Waals surface area contributed by atoms with Crippen LogP contribution in [0.4, 0.5) is 0 Å². The molecule has 0 aromatic heterocycles. The van der Waals surface area contributed by atoms with Crippen LogP contribution in [0.2, 0.25) is 0 Å². The molecule has 0 amide bonds. The molecule has 0 fully saturated rings. The van der Waals surface area contributed by atoms with E-state index in [0.717, 1.165) is 6.92 Å². The topological polar surface area (TPSA) is 54.4 Å². The number of carboxylic acids is 1. The summed E-state index contributed by atoms with van der Waals surface area (Å²) >= 11 is 9.53. The molecule has 0 aromatic carbocycles. The Bertz CT molecular complexity index is 90.0. The van der Waals surface area contributed by atoms with E-state index in [-0.39, 0.29) is 5.34 Å². The molecule has 0 aliphatic rings. The standard InChI is InChI=1S/C3H4O3.CH2Cl2/c1-2(4)3(5)6;2-1-3/h1H3,(H,5,6);1H2. The number of carbonyl (C=O) groups excluding carboxylic acids is 1. The number of rotatable bonds is 1. The molecule has 0 saturated heterocycles. The SMILES string of the molecule is CC(=O)C(=O)O.ClCCl. The first-order valence-electron chi connectivity index (χ1n) is 1.92. The van der Waals surface area contributed by atoms with E-state index in [4.69, 9.17) is 28.3 Å². The fourth-order valence-corrected chi connectivity index (χ4v) is 0.